The van der Waals surface area contributed by atoms with Crippen molar-refractivity contribution in [2.24, 2.45) is 0 Å². The minimum Gasteiger partial charge on any atom is -0.368 e. The summed E-state index contributed by atoms with van der Waals surface area (Å²) in [5.74, 6) is 1.80. The number of rotatable bonds is 5. The minimum absolute atomic E-state index is 0.832. The zero-order valence-electron chi connectivity index (χ0n) is 17.5. The molecule has 0 saturated carbocycles. The maximum atomic E-state index is 4.95. The van der Waals surface area contributed by atoms with Crippen molar-refractivity contribution in [3.63, 3.8) is 0 Å². The molecule has 0 atom stereocenters. The number of aromatic nitrogens is 2. The van der Waals surface area contributed by atoms with Gasteiger partial charge >= 0.3 is 0 Å². The van der Waals surface area contributed by atoms with Gasteiger partial charge in [0.1, 0.15) is 5.82 Å². The number of aryl methyl sites for hydroxylation is 2. The molecular formula is C24H29N5. The second kappa shape index (κ2) is 8.52. The Balaban J connectivity index is 1.54. The lowest BCUT2D eigenvalue weighted by Crippen LogP contribution is -2.47. The van der Waals surface area contributed by atoms with Crippen LogP contribution in [-0.4, -0.2) is 42.7 Å². The molecule has 0 aliphatic carbocycles. The van der Waals surface area contributed by atoms with Crippen molar-refractivity contribution in [2.45, 2.75) is 20.8 Å². The summed E-state index contributed by atoms with van der Waals surface area (Å²) in [7, 11) is 0. The molecule has 1 aromatic heterocycles. The van der Waals surface area contributed by atoms with Crippen LogP contribution in [0.4, 0.5) is 23.1 Å². The van der Waals surface area contributed by atoms with Crippen molar-refractivity contribution >= 4 is 23.1 Å². The van der Waals surface area contributed by atoms with Crippen LogP contribution in [0.3, 0.4) is 0 Å². The second-order valence-corrected chi connectivity index (χ2v) is 7.56. The van der Waals surface area contributed by atoms with E-state index in [0.29, 0.717) is 0 Å². The van der Waals surface area contributed by atoms with E-state index in [1.807, 2.05) is 0 Å². The summed E-state index contributed by atoms with van der Waals surface area (Å²) in [5.41, 5.74) is 4.71. The molecule has 1 saturated heterocycles. The molecular weight excluding hydrogens is 358 g/mol. The fraction of sp³-hybridized carbons (Fsp3) is 0.333. The first-order chi connectivity index (χ1) is 14.1. The zero-order valence-corrected chi connectivity index (χ0v) is 17.5. The number of anilines is 4. The molecule has 0 bridgehead atoms. The molecule has 5 heteroatoms. The Morgan fingerprint density at radius 1 is 0.828 bits per heavy atom. The number of piperazine rings is 1. The van der Waals surface area contributed by atoms with Crippen LogP contribution in [0.15, 0.2) is 60.7 Å². The number of benzene rings is 2. The molecule has 3 aromatic rings. The molecule has 0 spiro atoms. The lowest BCUT2D eigenvalue weighted by atomic mass is 10.2. The van der Waals surface area contributed by atoms with E-state index in [0.717, 1.165) is 50.2 Å². The molecule has 2 aromatic carbocycles. The predicted octanol–water partition coefficient (Wildman–Crippen LogP) is 4.58. The molecule has 0 unspecified atom stereocenters. The maximum Gasteiger partial charge on any atom is 0.227 e. The summed E-state index contributed by atoms with van der Waals surface area (Å²) in [4.78, 5) is 16.7. The highest BCUT2D eigenvalue weighted by Gasteiger charge is 2.21. The van der Waals surface area contributed by atoms with E-state index < -0.39 is 0 Å². The molecule has 29 heavy (non-hydrogen) atoms. The molecule has 0 radical (unpaired) electrons. The van der Waals surface area contributed by atoms with Crippen LogP contribution in [0.2, 0.25) is 0 Å². The van der Waals surface area contributed by atoms with Gasteiger partial charge in [-0.05, 0) is 50.6 Å². The van der Waals surface area contributed by atoms with Gasteiger partial charge in [-0.3, -0.25) is 0 Å². The van der Waals surface area contributed by atoms with Crippen molar-refractivity contribution in [1.82, 2.24) is 9.97 Å². The van der Waals surface area contributed by atoms with E-state index in [9.17, 15) is 0 Å². The first-order valence-electron chi connectivity index (χ1n) is 10.4. The molecule has 0 amide bonds. The van der Waals surface area contributed by atoms with Gasteiger partial charge in [-0.25, -0.2) is 4.98 Å². The van der Waals surface area contributed by atoms with Gasteiger partial charge in [0, 0.05) is 55.9 Å². The number of nitrogens with zero attached hydrogens (tertiary/aromatic N) is 5. The quantitative estimate of drug-likeness (QED) is 0.640. The Hall–Kier alpha value is -3.08. The number of para-hydroxylation sites is 1. The second-order valence-electron chi connectivity index (χ2n) is 7.56. The van der Waals surface area contributed by atoms with Gasteiger partial charge in [0.25, 0.3) is 0 Å². The molecule has 1 fully saturated rings. The van der Waals surface area contributed by atoms with Crippen LogP contribution in [0.25, 0.3) is 0 Å². The average molecular weight is 388 g/mol. The maximum absolute atomic E-state index is 4.95. The largest absolute Gasteiger partial charge is 0.368 e. The fourth-order valence-corrected chi connectivity index (χ4v) is 3.89. The third kappa shape index (κ3) is 4.34. The Bertz CT molecular complexity index is 948. The Morgan fingerprint density at radius 2 is 1.55 bits per heavy atom. The Labute approximate surface area is 173 Å². The van der Waals surface area contributed by atoms with Crippen LogP contribution in [0, 0.1) is 13.8 Å². The van der Waals surface area contributed by atoms with E-state index in [1.165, 1.54) is 16.9 Å². The van der Waals surface area contributed by atoms with Crippen LogP contribution in [0.5, 0.6) is 0 Å². The Morgan fingerprint density at radius 3 is 2.24 bits per heavy atom. The monoisotopic (exact) mass is 387 g/mol. The van der Waals surface area contributed by atoms with Gasteiger partial charge in [0.15, 0.2) is 0 Å². The van der Waals surface area contributed by atoms with E-state index in [1.54, 1.807) is 0 Å². The summed E-state index contributed by atoms with van der Waals surface area (Å²) in [5, 5.41) is 0. The SMILES string of the molecule is CCN(c1cccc(C)c1)c1cc(C)nc(N2CCN(c3ccccc3)CC2)n1. The van der Waals surface area contributed by atoms with Crippen LogP contribution in [0.1, 0.15) is 18.2 Å². The lowest BCUT2D eigenvalue weighted by molar-refractivity contribution is 0.639. The smallest absolute Gasteiger partial charge is 0.227 e. The van der Waals surface area contributed by atoms with E-state index >= 15 is 0 Å². The topological polar surface area (TPSA) is 35.5 Å². The first-order valence-corrected chi connectivity index (χ1v) is 10.4. The lowest BCUT2D eigenvalue weighted by Gasteiger charge is -2.36. The van der Waals surface area contributed by atoms with Crippen molar-refractivity contribution in [3.8, 4) is 0 Å². The summed E-state index contributed by atoms with van der Waals surface area (Å²) >= 11 is 0. The Kier molecular flexibility index (Phi) is 5.65. The van der Waals surface area contributed by atoms with Crippen molar-refractivity contribution < 1.29 is 0 Å². The summed E-state index contributed by atoms with van der Waals surface area (Å²) in [6.45, 7) is 11.0. The van der Waals surface area contributed by atoms with E-state index in [4.69, 9.17) is 9.97 Å². The molecule has 4 rings (SSSR count). The summed E-state index contributed by atoms with van der Waals surface area (Å²) in [6.07, 6.45) is 0. The molecule has 1 aliphatic rings. The van der Waals surface area contributed by atoms with Gasteiger partial charge in [0.05, 0.1) is 0 Å². The normalized spacial score (nSPS) is 14.2. The van der Waals surface area contributed by atoms with Crippen LogP contribution in [-0.2, 0) is 0 Å². The highest BCUT2D eigenvalue weighted by atomic mass is 15.3. The highest BCUT2D eigenvalue weighted by molar-refractivity contribution is 5.62. The molecule has 5 nitrogen and oxygen atoms in total. The van der Waals surface area contributed by atoms with Gasteiger partial charge < -0.3 is 14.7 Å². The molecule has 2 heterocycles. The third-order valence-corrected chi connectivity index (χ3v) is 5.42. The van der Waals surface area contributed by atoms with Gasteiger partial charge in [-0.2, -0.15) is 4.98 Å². The van der Waals surface area contributed by atoms with Gasteiger partial charge in [-0.1, -0.05) is 30.3 Å². The van der Waals surface area contributed by atoms with Crippen molar-refractivity contribution in [3.05, 3.63) is 71.9 Å². The number of hydrogen-bond acceptors (Lipinski definition) is 5. The van der Waals surface area contributed by atoms with Crippen molar-refractivity contribution in [1.29, 1.82) is 0 Å². The van der Waals surface area contributed by atoms with Gasteiger partial charge in [-0.15, -0.1) is 0 Å². The number of hydrogen-bond donors (Lipinski definition) is 0. The van der Waals surface area contributed by atoms with Crippen LogP contribution >= 0.6 is 0 Å². The van der Waals surface area contributed by atoms with Crippen LogP contribution < -0.4 is 14.7 Å². The zero-order chi connectivity index (χ0) is 20.2. The van der Waals surface area contributed by atoms with E-state index in [-0.39, 0.29) is 0 Å². The molecule has 1 aliphatic heterocycles. The predicted molar refractivity (Wildman–Crippen MR) is 121 cm³/mol. The molecule has 0 N–H and O–H groups in total. The highest BCUT2D eigenvalue weighted by Crippen LogP contribution is 2.27. The fourth-order valence-electron chi connectivity index (χ4n) is 3.89. The summed E-state index contributed by atoms with van der Waals surface area (Å²) < 4.78 is 0. The first kappa shape index (κ1) is 19.2. The standard InChI is InChI=1S/C24H29N5/c1-4-29(22-12-8-9-19(2)17-22)23-18-20(3)25-24(26-23)28-15-13-27(14-16-28)21-10-6-5-7-11-21/h5-12,17-18H,4,13-16H2,1-3H3. The summed E-state index contributed by atoms with van der Waals surface area (Å²) in [6, 6.07) is 21.3. The van der Waals surface area contributed by atoms with Gasteiger partial charge in [0.2, 0.25) is 5.95 Å². The van der Waals surface area contributed by atoms with E-state index in [2.05, 4.69) is 96.1 Å². The minimum atomic E-state index is 0.832. The average Bonchev–Trinajstić information content (AvgIpc) is 2.75. The van der Waals surface area contributed by atoms with Crippen molar-refractivity contribution in [2.75, 3.05) is 47.4 Å². The molecule has 150 valence electrons. The third-order valence-electron chi connectivity index (χ3n) is 5.42.